The molecule has 0 saturated carbocycles. The van der Waals surface area contributed by atoms with Crippen molar-refractivity contribution in [1.82, 2.24) is 4.31 Å². The van der Waals surface area contributed by atoms with Gasteiger partial charge in [-0.3, -0.25) is 0 Å². The van der Waals surface area contributed by atoms with E-state index in [1.165, 1.54) is 0 Å². The van der Waals surface area contributed by atoms with Gasteiger partial charge in [-0.25, -0.2) is 17.2 Å². The molecule has 7 heteroatoms. The van der Waals surface area contributed by atoms with Crippen LogP contribution in [0.15, 0.2) is 23.1 Å². The van der Waals surface area contributed by atoms with Crippen LogP contribution in [-0.4, -0.2) is 25.8 Å². The molecule has 4 nitrogen and oxygen atoms in total. The Kier molecular flexibility index (Phi) is 5.60. The van der Waals surface area contributed by atoms with Crippen molar-refractivity contribution in [1.29, 1.82) is 5.26 Å². The lowest BCUT2D eigenvalue weighted by molar-refractivity contribution is 0.370. The lowest BCUT2D eigenvalue weighted by atomic mass is 10.2. The maximum atomic E-state index is 13.6. The predicted molar refractivity (Wildman–Crippen MR) is 70.2 cm³/mol. The Bertz CT molecular complexity index is 609. The van der Waals surface area contributed by atoms with Crippen molar-refractivity contribution < 1.29 is 17.2 Å². The second-order valence-electron chi connectivity index (χ2n) is 4.74. The molecule has 0 spiro atoms. The minimum atomic E-state index is -4.15. The molecule has 0 aliphatic heterocycles. The molecule has 0 unspecified atom stereocenters. The third-order valence-electron chi connectivity index (χ3n) is 2.55. The Morgan fingerprint density at radius 3 is 2.55 bits per heavy atom. The summed E-state index contributed by atoms with van der Waals surface area (Å²) in [4.78, 5) is -0.698. The number of benzene rings is 1. The Morgan fingerprint density at radius 2 is 2.00 bits per heavy atom. The lowest BCUT2D eigenvalue weighted by Crippen LogP contribution is -2.35. The number of nitriles is 1. The number of halogens is 2. The molecule has 0 heterocycles. The number of hydrogen-bond acceptors (Lipinski definition) is 3. The molecule has 1 aromatic rings. The normalized spacial score (nSPS) is 11.8. The molecule has 0 bridgehead atoms. The standard InChI is InChI=1S/C13H16F2N2O2S/c1-10(2)9-17(7-3-6-16)20(18,19)13-8-11(14)4-5-12(13)15/h4-5,8,10H,3,7,9H2,1-2H3. The summed E-state index contributed by atoms with van der Waals surface area (Å²) in [5, 5.41) is 8.58. The summed E-state index contributed by atoms with van der Waals surface area (Å²) in [5.41, 5.74) is 0. The van der Waals surface area contributed by atoms with E-state index in [1.807, 2.05) is 6.07 Å². The zero-order valence-corrected chi connectivity index (χ0v) is 12.1. The molecule has 0 radical (unpaired) electrons. The van der Waals surface area contributed by atoms with Crippen LogP contribution in [0.4, 0.5) is 8.78 Å². The van der Waals surface area contributed by atoms with Crippen LogP contribution in [0.2, 0.25) is 0 Å². The van der Waals surface area contributed by atoms with Gasteiger partial charge in [-0.1, -0.05) is 13.8 Å². The Hall–Kier alpha value is -1.52. The fourth-order valence-electron chi connectivity index (χ4n) is 1.71. The summed E-state index contributed by atoms with van der Waals surface area (Å²) in [5.74, 6) is -1.83. The smallest absolute Gasteiger partial charge is 0.207 e. The van der Waals surface area contributed by atoms with E-state index in [0.29, 0.717) is 6.07 Å². The zero-order valence-electron chi connectivity index (χ0n) is 11.3. The highest BCUT2D eigenvalue weighted by Crippen LogP contribution is 2.21. The first kappa shape index (κ1) is 16.5. The van der Waals surface area contributed by atoms with Gasteiger partial charge in [0, 0.05) is 19.5 Å². The van der Waals surface area contributed by atoms with Crippen LogP contribution < -0.4 is 0 Å². The van der Waals surface area contributed by atoms with Crippen molar-refractivity contribution in [3.05, 3.63) is 29.8 Å². The number of sulfonamides is 1. The molecule has 0 fully saturated rings. The Labute approximate surface area is 117 Å². The molecule has 0 saturated heterocycles. The molecular formula is C13H16F2N2O2S. The number of hydrogen-bond donors (Lipinski definition) is 0. The summed E-state index contributed by atoms with van der Waals surface area (Å²) in [6, 6.07) is 4.14. The molecule has 110 valence electrons. The van der Waals surface area contributed by atoms with Gasteiger partial charge in [-0.15, -0.1) is 0 Å². The zero-order chi connectivity index (χ0) is 15.3. The van der Waals surface area contributed by atoms with Crippen LogP contribution in [0.1, 0.15) is 20.3 Å². The van der Waals surface area contributed by atoms with Gasteiger partial charge in [0.1, 0.15) is 16.5 Å². The third-order valence-corrected chi connectivity index (χ3v) is 4.43. The van der Waals surface area contributed by atoms with E-state index in [-0.39, 0.29) is 25.4 Å². The van der Waals surface area contributed by atoms with Crippen LogP contribution in [-0.2, 0) is 10.0 Å². The third kappa shape index (κ3) is 3.99. The van der Waals surface area contributed by atoms with Crippen LogP contribution in [0, 0.1) is 28.9 Å². The average Bonchev–Trinajstić information content (AvgIpc) is 2.36. The fourth-order valence-corrected chi connectivity index (χ4v) is 3.39. The summed E-state index contributed by atoms with van der Waals surface area (Å²) >= 11 is 0. The van der Waals surface area contributed by atoms with Crippen LogP contribution in [0.25, 0.3) is 0 Å². The van der Waals surface area contributed by atoms with Crippen LogP contribution in [0.5, 0.6) is 0 Å². The first-order chi connectivity index (χ1) is 9.28. The van der Waals surface area contributed by atoms with Crippen molar-refractivity contribution in [2.75, 3.05) is 13.1 Å². The minimum Gasteiger partial charge on any atom is -0.207 e. The topological polar surface area (TPSA) is 61.2 Å². The van der Waals surface area contributed by atoms with Crippen LogP contribution >= 0.6 is 0 Å². The Morgan fingerprint density at radius 1 is 1.35 bits per heavy atom. The average molecular weight is 302 g/mol. The minimum absolute atomic E-state index is 0.0000817. The molecular weight excluding hydrogens is 286 g/mol. The molecule has 0 aliphatic rings. The lowest BCUT2D eigenvalue weighted by Gasteiger charge is -2.23. The molecule has 0 amide bonds. The summed E-state index contributed by atoms with van der Waals surface area (Å²) < 4.78 is 52.5. The van der Waals surface area contributed by atoms with E-state index in [1.54, 1.807) is 13.8 Å². The molecule has 0 aliphatic carbocycles. The first-order valence-corrected chi connectivity index (χ1v) is 7.55. The quantitative estimate of drug-likeness (QED) is 0.811. The number of rotatable bonds is 6. The van der Waals surface area contributed by atoms with Crippen molar-refractivity contribution in [2.24, 2.45) is 5.92 Å². The van der Waals surface area contributed by atoms with Gasteiger partial charge < -0.3 is 0 Å². The van der Waals surface area contributed by atoms with Crippen molar-refractivity contribution >= 4 is 10.0 Å². The molecule has 0 aromatic heterocycles. The second-order valence-corrected chi connectivity index (χ2v) is 6.65. The van der Waals surface area contributed by atoms with Crippen LogP contribution in [0.3, 0.4) is 0 Å². The largest absolute Gasteiger partial charge is 0.246 e. The van der Waals surface area contributed by atoms with Gasteiger partial charge in [0.15, 0.2) is 0 Å². The maximum absolute atomic E-state index is 13.6. The van der Waals surface area contributed by atoms with Gasteiger partial charge in [-0.05, 0) is 24.1 Å². The van der Waals surface area contributed by atoms with Gasteiger partial charge >= 0.3 is 0 Å². The van der Waals surface area contributed by atoms with Gasteiger partial charge in [0.05, 0.1) is 6.07 Å². The van der Waals surface area contributed by atoms with E-state index in [9.17, 15) is 17.2 Å². The molecule has 1 rings (SSSR count). The van der Waals surface area contributed by atoms with E-state index in [4.69, 9.17) is 5.26 Å². The molecule has 1 aromatic carbocycles. The van der Waals surface area contributed by atoms with E-state index in [0.717, 1.165) is 16.4 Å². The van der Waals surface area contributed by atoms with Crippen molar-refractivity contribution in [3.8, 4) is 6.07 Å². The van der Waals surface area contributed by atoms with Crippen molar-refractivity contribution in [2.45, 2.75) is 25.2 Å². The van der Waals surface area contributed by atoms with E-state index in [2.05, 4.69) is 0 Å². The molecule has 20 heavy (non-hydrogen) atoms. The Balaban J connectivity index is 3.21. The molecule has 0 atom stereocenters. The van der Waals surface area contributed by atoms with Gasteiger partial charge in [0.2, 0.25) is 10.0 Å². The first-order valence-electron chi connectivity index (χ1n) is 6.11. The van der Waals surface area contributed by atoms with Gasteiger partial charge in [0.25, 0.3) is 0 Å². The van der Waals surface area contributed by atoms with E-state index < -0.39 is 26.6 Å². The maximum Gasteiger partial charge on any atom is 0.246 e. The van der Waals surface area contributed by atoms with E-state index >= 15 is 0 Å². The second kappa shape index (κ2) is 6.77. The summed E-state index contributed by atoms with van der Waals surface area (Å²) in [7, 11) is -4.15. The summed E-state index contributed by atoms with van der Waals surface area (Å²) in [6.07, 6.45) is -0.0110. The van der Waals surface area contributed by atoms with Gasteiger partial charge in [-0.2, -0.15) is 9.57 Å². The monoisotopic (exact) mass is 302 g/mol. The molecule has 0 N–H and O–H groups in total. The highest BCUT2D eigenvalue weighted by Gasteiger charge is 2.28. The van der Waals surface area contributed by atoms with Crippen molar-refractivity contribution in [3.63, 3.8) is 0 Å². The highest BCUT2D eigenvalue weighted by molar-refractivity contribution is 7.89. The summed E-state index contributed by atoms with van der Waals surface area (Å²) in [6.45, 7) is 3.70. The predicted octanol–water partition coefficient (Wildman–Crippen LogP) is 2.53. The number of nitrogens with zero attached hydrogens (tertiary/aromatic N) is 2. The highest BCUT2D eigenvalue weighted by atomic mass is 32.2. The fraction of sp³-hybridized carbons (Fsp3) is 0.462. The SMILES string of the molecule is CC(C)CN(CCC#N)S(=O)(=O)c1cc(F)ccc1F.